The van der Waals surface area contributed by atoms with Gasteiger partial charge in [-0.05, 0) is 62.1 Å². The third-order valence-corrected chi connectivity index (χ3v) is 6.11. The van der Waals surface area contributed by atoms with Crippen LogP contribution in [0.1, 0.15) is 32.6 Å². The standard InChI is InChI=1S/C27H30O4S/c1-19-9-7-10-20(2)25(19)29-15-16-31-27(28)23-13-5-6-14-24(23)32-18-17-30-26-21(3)11-8-12-22(26)4/h5-14H,15-18H2,1-4H3. The molecule has 0 amide bonds. The topological polar surface area (TPSA) is 44.8 Å². The van der Waals surface area contributed by atoms with E-state index in [2.05, 4.69) is 0 Å². The molecule has 4 nitrogen and oxygen atoms in total. The van der Waals surface area contributed by atoms with E-state index in [1.54, 1.807) is 17.8 Å². The van der Waals surface area contributed by atoms with Crippen molar-refractivity contribution < 1.29 is 19.0 Å². The molecule has 0 atom stereocenters. The number of carbonyl (C=O) groups is 1. The summed E-state index contributed by atoms with van der Waals surface area (Å²) in [6.45, 7) is 9.18. The molecule has 0 saturated heterocycles. The van der Waals surface area contributed by atoms with Crippen molar-refractivity contribution in [3.05, 3.63) is 88.5 Å². The van der Waals surface area contributed by atoms with Crippen molar-refractivity contribution in [3.8, 4) is 11.5 Å². The molecule has 168 valence electrons. The Hall–Kier alpha value is -2.92. The Labute approximate surface area is 194 Å². The molecular formula is C27H30O4S. The molecule has 0 unspecified atom stereocenters. The van der Waals surface area contributed by atoms with Gasteiger partial charge < -0.3 is 14.2 Å². The minimum absolute atomic E-state index is 0.196. The highest BCUT2D eigenvalue weighted by molar-refractivity contribution is 7.99. The summed E-state index contributed by atoms with van der Waals surface area (Å²) in [5.74, 6) is 2.18. The van der Waals surface area contributed by atoms with Crippen LogP contribution in [0.15, 0.2) is 65.6 Å². The molecule has 32 heavy (non-hydrogen) atoms. The molecule has 5 heteroatoms. The first kappa shape index (κ1) is 23.7. The van der Waals surface area contributed by atoms with Crippen LogP contribution in [0.5, 0.6) is 11.5 Å². The minimum Gasteiger partial charge on any atom is -0.492 e. The fourth-order valence-electron chi connectivity index (χ4n) is 3.47. The van der Waals surface area contributed by atoms with Crippen LogP contribution in [0.4, 0.5) is 0 Å². The highest BCUT2D eigenvalue weighted by atomic mass is 32.2. The lowest BCUT2D eigenvalue weighted by Crippen LogP contribution is -2.14. The smallest absolute Gasteiger partial charge is 0.339 e. The summed E-state index contributed by atoms with van der Waals surface area (Å²) in [7, 11) is 0. The maximum Gasteiger partial charge on any atom is 0.339 e. The molecule has 3 rings (SSSR count). The average Bonchev–Trinajstić information content (AvgIpc) is 2.77. The number of thioether (sulfide) groups is 1. The SMILES string of the molecule is Cc1cccc(C)c1OCCOC(=O)c1ccccc1SCCOc1c(C)cccc1C. The lowest BCUT2D eigenvalue weighted by Gasteiger charge is -2.13. The summed E-state index contributed by atoms with van der Waals surface area (Å²) in [5, 5.41) is 0. The Balaban J connectivity index is 1.49. The first-order chi connectivity index (χ1) is 15.5. The van der Waals surface area contributed by atoms with Gasteiger partial charge in [0.15, 0.2) is 0 Å². The van der Waals surface area contributed by atoms with E-state index < -0.39 is 0 Å². The molecule has 0 N–H and O–H groups in total. The Morgan fingerprint density at radius 1 is 0.688 bits per heavy atom. The van der Waals surface area contributed by atoms with Crippen LogP contribution in [0.3, 0.4) is 0 Å². The lowest BCUT2D eigenvalue weighted by molar-refractivity contribution is 0.0446. The molecule has 0 fully saturated rings. The summed E-state index contributed by atoms with van der Waals surface area (Å²) in [4.78, 5) is 13.5. The van der Waals surface area contributed by atoms with Gasteiger partial charge in [0, 0.05) is 10.6 Å². The summed E-state index contributed by atoms with van der Waals surface area (Å²) >= 11 is 1.59. The minimum atomic E-state index is -0.339. The largest absolute Gasteiger partial charge is 0.492 e. The molecule has 0 saturated carbocycles. The molecule has 3 aromatic rings. The number of hydrogen-bond acceptors (Lipinski definition) is 5. The lowest BCUT2D eigenvalue weighted by atomic mass is 10.1. The summed E-state index contributed by atoms with van der Waals surface area (Å²) < 4.78 is 17.3. The third kappa shape index (κ3) is 6.30. The van der Waals surface area contributed by atoms with Gasteiger partial charge in [-0.1, -0.05) is 48.5 Å². The normalized spacial score (nSPS) is 10.6. The summed E-state index contributed by atoms with van der Waals surface area (Å²) in [6, 6.07) is 19.6. The van der Waals surface area contributed by atoms with Crippen LogP contribution >= 0.6 is 11.8 Å². The van der Waals surface area contributed by atoms with Gasteiger partial charge in [-0.15, -0.1) is 11.8 Å². The van der Waals surface area contributed by atoms with Gasteiger partial charge in [0.25, 0.3) is 0 Å². The monoisotopic (exact) mass is 450 g/mol. The van der Waals surface area contributed by atoms with Crippen LogP contribution in [0.25, 0.3) is 0 Å². The van der Waals surface area contributed by atoms with Crippen molar-refractivity contribution >= 4 is 17.7 Å². The number of carbonyl (C=O) groups excluding carboxylic acids is 1. The zero-order valence-electron chi connectivity index (χ0n) is 19.1. The van der Waals surface area contributed by atoms with Gasteiger partial charge in [-0.3, -0.25) is 0 Å². The van der Waals surface area contributed by atoms with Crippen molar-refractivity contribution in [2.75, 3.05) is 25.6 Å². The predicted molar refractivity (Wildman–Crippen MR) is 130 cm³/mol. The van der Waals surface area contributed by atoms with Gasteiger partial charge in [0.1, 0.15) is 24.7 Å². The molecule has 3 aromatic carbocycles. The van der Waals surface area contributed by atoms with Crippen molar-refractivity contribution in [1.82, 2.24) is 0 Å². The molecule has 0 aromatic heterocycles. The van der Waals surface area contributed by atoms with E-state index in [9.17, 15) is 4.79 Å². The number of esters is 1. The molecule has 0 radical (unpaired) electrons. The van der Waals surface area contributed by atoms with E-state index in [-0.39, 0.29) is 12.6 Å². The first-order valence-electron chi connectivity index (χ1n) is 10.7. The quantitative estimate of drug-likeness (QED) is 0.205. The van der Waals surface area contributed by atoms with E-state index in [4.69, 9.17) is 14.2 Å². The van der Waals surface area contributed by atoms with Gasteiger partial charge in [-0.2, -0.15) is 0 Å². The third-order valence-electron chi connectivity index (χ3n) is 5.07. The highest BCUT2D eigenvalue weighted by Crippen LogP contribution is 2.26. The van der Waals surface area contributed by atoms with Gasteiger partial charge in [0.2, 0.25) is 0 Å². The van der Waals surface area contributed by atoms with E-state index in [1.165, 1.54) is 0 Å². The maximum atomic E-state index is 12.6. The number of rotatable bonds is 10. The fraction of sp³-hybridized carbons (Fsp3) is 0.296. The van der Waals surface area contributed by atoms with E-state index in [1.807, 2.05) is 82.3 Å². The van der Waals surface area contributed by atoms with Crippen LogP contribution in [0.2, 0.25) is 0 Å². The van der Waals surface area contributed by atoms with E-state index in [0.29, 0.717) is 18.8 Å². The van der Waals surface area contributed by atoms with Crippen LogP contribution in [-0.2, 0) is 4.74 Å². The maximum absolute atomic E-state index is 12.6. The van der Waals surface area contributed by atoms with Crippen LogP contribution < -0.4 is 9.47 Å². The fourth-order valence-corrected chi connectivity index (χ4v) is 4.33. The Morgan fingerprint density at radius 3 is 1.81 bits per heavy atom. The number of ether oxygens (including phenoxy) is 3. The molecular weight excluding hydrogens is 420 g/mol. The number of hydrogen-bond donors (Lipinski definition) is 0. The Morgan fingerprint density at radius 2 is 1.22 bits per heavy atom. The van der Waals surface area contributed by atoms with Crippen LogP contribution in [0, 0.1) is 27.7 Å². The number of para-hydroxylation sites is 2. The molecule has 0 aliphatic rings. The zero-order valence-corrected chi connectivity index (χ0v) is 20.0. The number of aryl methyl sites for hydroxylation is 4. The zero-order chi connectivity index (χ0) is 22.9. The van der Waals surface area contributed by atoms with Crippen molar-refractivity contribution in [2.45, 2.75) is 32.6 Å². The molecule has 0 bridgehead atoms. The van der Waals surface area contributed by atoms with Crippen LogP contribution in [-0.4, -0.2) is 31.5 Å². The second kappa shape index (κ2) is 11.6. The second-order valence-electron chi connectivity index (χ2n) is 7.62. The molecule has 0 spiro atoms. The molecule has 0 heterocycles. The van der Waals surface area contributed by atoms with E-state index in [0.717, 1.165) is 44.4 Å². The number of benzene rings is 3. The van der Waals surface area contributed by atoms with Gasteiger partial charge >= 0.3 is 5.97 Å². The van der Waals surface area contributed by atoms with Crippen molar-refractivity contribution in [2.24, 2.45) is 0 Å². The summed E-state index contributed by atoms with van der Waals surface area (Å²) in [6.07, 6.45) is 0. The first-order valence-corrected chi connectivity index (χ1v) is 11.7. The van der Waals surface area contributed by atoms with Crippen molar-refractivity contribution in [3.63, 3.8) is 0 Å². The predicted octanol–water partition coefficient (Wildman–Crippen LogP) is 6.33. The van der Waals surface area contributed by atoms with E-state index >= 15 is 0 Å². The Bertz CT molecular complexity index is 1020. The molecule has 0 aliphatic carbocycles. The van der Waals surface area contributed by atoms with Gasteiger partial charge in [0.05, 0.1) is 12.2 Å². The van der Waals surface area contributed by atoms with Crippen molar-refractivity contribution in [1.29, 1.82) is 0 Å². The Kier molecular flexibility index (Phi) is 8.63. The second-order valence-corrected chi connectivity index (χ2v) is 8.76. The average molecular weight is 451 g/mol. The molecule has 0 aliphatic heterocycles. The highest BCUT2D eigenvalue weighted by Gasteiger charge is 2.13. The van der Waals surface area contributed by atoms with Gasteiger partial charge in [-0.25, -0.2) is 4.79 Å². The summed E-state index contributed by atoms with van der Waals surface area (Å²) in [5.41, 5.74) is 4.96.